The van der Waals surface area contributed by atoms with Crippen LogP contribution in [0.15, 0.2) is 51.8 Å². The number of benzene rings is 2. The molecule has 2 heterocycles. The number of fused-ring (bicyclic) bond motifs is 1. The van der Waals surface area contributed by atoms with E-state index in [-0.39, 0.29) is 10.9 Å². The first-order valence-corrected chi connectivity index (χ1v) is 11.8. The summed E-state index contributed by atoms with van der Waals surface area (Å²) in [5, 5.41) is 13.7. The number of rotatable bonds is 6. The van der Waals surface area contributed by atoms with Crippen LogP contribution in [0.2, 0.25) is 0 Å². The van der Waals surface area contributed by atoms with Crippen LogP contribution in [0.3, 0.4) is 0 Å². The SMILES string of the molecule is O=C(NCCn1nnc2cc(S(=O)(=O)N3CCCC3)ccc21)Nc1ccc(Br)cc1. The van der Waals surface area contributed by atoms with Crippen molar-refractivity contribution in [1.29, 1.82) is 0 Å². The number of hydrogen-bond acceptors (Lipinski definition) is 5. The van der Waals surface area contributed by atoms with Crippen LogP contribution in [0.1, 0.15) is 12.8 Å². The lowest BCUT2D eigenvalue weighted by Gasteiger charge is -2.15. The smallest absolute Gasteiger partial charge is 0.319 e. The molecule has 0 radical (unpaired) electrons. The van der Waals surface area contributed by atoms with Gasteiger partial charge in [0.1, 0.15) is 5.52 Å². The Morgan fingerprint density at radius 1 is 1.10 bits per heavy atom. The number of nitrogens with zero attached hydrogens (tertiary/aromatic N) is 4. The van der Waals surface area contributed by atoms with Crippen molar-refractivity contribution in [1.82, 2.24) is 24.6 Å². The van der Waals surface area contributed by atoms with Crippen molar-refractivity contribution in [3.05, 3.63) is 46.9 Å². The highest BCUT2D eigenvalue weighted by Crippen LogP contribution is 2.23. The number of anilines is 1. The van der Waals surface area contributed by atoms with Gasteiger partial charge in [0.2, 0.25) is 10.0 Å². The van der Waals surface area contributed by atoms with Crippen molar-refractivity contribution in [2.24, 2.45) is 0 Å². The normalized spacial score (nSPS) is 14.8. The fourth-order valence-corrected chi connectivity index (χ4v) is 5.14. The summed E-state index contributed by atoms with van der Waals surface area (Å²) in [5.41, 5.74) is 1.91. The van der Waals surface area contributed by atoms with E-state index in [0.717, 1.165) is 17.3 Å². The Morgan fingerprint density at radius 3 is 2.57 bits per heavy atom. The summed E-state index contributed by atoms with van der Waals surface area (Å²) in [5.74, 6) is 0. The maximum atomic E-state index is 12.7. The van der Waals surface area contributed by atoms with Gasteiger partial charge in [-0.1, -0.05) is 21.1 Å². The highest BCUT2D eigenvalue weighted by molar-refractivity contribution is 9.10. The van der Waals surface area contributed by atoms with Gasteiger partial charge in [0.15, 0.2) is 0 Å². The summed E-state index contributed by atoms with van der Waals surface area (Å²) in [6.45, 7) is 1.86. The quantitative estimate of drug-likeness (QED) is 0.549. The predicted molar refractivity (Wildman–Crippen MR) is 117 cm³/mol. The van der Waals surface area contributed by atoms with Crippen molar-refractivity contribution in [2.45, 2.75) is 24.3 Å². The lowest BCUT2D eigenvalue weighted by molar-refractivity contribution is 0.251. The van der Waals surface area contributed by atoms with Gasteiger partial charge in [0.05, 0.1) is 17.0 Å². The molecular weight excluding hydrogens is 472 g/mol. The minimum absolute atomic E-state index is 0.232. The molecule has 1 aromatic heterocycles. The largest absolute Gasteiger partial charge is 0.336 e. The number of urea groups is 1. The first-order chi connectivity index (χ1) is 14.4. The molecule has 0 aliphatic carbocycles. The van der Waals surface area contributed by atoms with Gasteiger partial charge in [-0.3, -0.25) is 0 Å². The average molecular weight is 493 g/mol. The van der Waals surface area contributed by atoms with Crippen LogP contribution < -0.4 is 10.6 Å². The highest BCUT2D eigenvalue weighted by Gasteiger charge is 2.27. The fraction of sp³-hybridized carbons (Fsp3) is 0.316. The van der Waals surface area contributed by atoms with E-state index in [1.54, 1.807) is 35.0 Å². The molecule has 2 amide bonds. The lowest BCUT2D eigenvalue weighted by atomic mass is 10.3. The van der Waals surface area contributed by atoms with Crippen molar-refractivity contribution < 1.29 is 13.2 Å². The predicted octanol–water partition coefficient (Wildman–Crippen LogP) is 2.80. The molecule has 158 valence electrons. The van der Waals surface area contributed by atoms with Gasteiger partial charge < -0.3 is 10.6 Å². The van der Waals surface area contributed by atoms with Crippen LogP contribution in [0, 0.1) is 0 Å². The zero-order chi connectivity index (χ0) is 21.1. The molecular formula is C19H21BrN6O3S. The van der Waals surface area contributed by atoms with E-state index in [0.29, 0.717) is 42.9 Å². The molecule has 9 nitrogen and oxygen atoms in total. The number of halogens is 1. The van der Waals surface area contributed by atoms with Crippen LogP contribution in [-0.2, 0) is 16.6 Å². The van der Waals surface area contributed by atoms with Gasteiger partial charge in [-0.2, -0.15) is 4.31 Å². The van der Waals surface area contributed by atoms with Crippen LogP contribution in [0.5, 0.6) is 0 Å². The molecule has 2 aromatic carbocycles. The lowest BCUT2D eigenvalue weighted by Crippen LogP contribution is -2.31. The Hall–Kier alpha value is -2.50. The molecule has 0 atom stereocenters. The summed E-state index contributed by atoms with van der Waals surface area (Å²) < 4.78 is 29.5. The second-order valence-corrected chi connectivity index (χ2v) is 9.82. The molecule has 4 rings (SSSR count). The van der Waals surface area contributed by atoms with E-state index >= 15 is 0 Å². The van der Waals surface area contributed by atoms with E-state index in [1.165, 1.54) is 4.31 Å². The van der Waals surface area contributed by atoms with Gasteiger partial charge in [0, 0.05) is 29.8 Å². The van der Waals surface area contributed by atoms with Gasteiger partial charge in [-0.05, 0) is 55.3 Å². The standard InChI is InChI=1S/C19H21BrN6O3S/c20-14-3-5-15(6-4-14)22-19(27)21-9-12-26-18-8-7-16(13-17(18)23-24-26)30(28,29)25-10-1-2-11-25/h3-8,13H,1-2,9-12H2,(H2,21,22,27). The fourth-order valence-electron chi connectivity index (χ4n) is 3.34. The van der Waals surface area contributed by atoms with Crippen molar-refractivity contribution >= 4 is 48.7 Å². The zero-order valence-corrected chi connectivity index (χ0v) is 18.5. The molecule has 1 aliphatic heterocycles. The minimum atomic E-state index is -3.49. The van der Waals surface area contributed by atoms with Gasteiger partial charge in [-0.15, -0.1) is 5.10 Å². The minimum Gasteiger partial charge on any atom is -0.336 e. The third-order valence-electron chi connectivity index (χ3n) is 4.90. The van der Waals surface area contributed by atoms with E-state index < -0.39 is 10.0 Å². The third kappa shape index (κ3) is 4.47. The molecule has 0 bridgehead atoms. The second-order valence-electron chi connectivity index (χ2n) is 6.96. The maximum Gasteiger partial charge on any atom is 0.319 e. The van der Waals surface area contributed by atoms with E-state index in [2.05, 4.69) is 36.9 Å². The monoisotopic (exact) mass is 492 g/mol. The van der Waals surface area contributed by atoms with Crippen LogP contribution in [0.25, 0.3) is 11.0 Å². The molecule has 3 aromatic rings. The van der Waals surface area contributed by atoms with Crippen LogP contribution >= 0.6 is 15.9 Å². The molecule has 30 heavy (non-hydrogen) atoms. The Morgan fingerprint density at radius 2 is 1.83 bits per heavy atom. The number of carbonyl (C=O) groups excluding carboxylic acids is 1. The van der Waals surface area contributed by atoms with Crippen LogP contribution in [0.4, 0.5) is 10.5 Å². The number of sulfonamides is 1. The molecule has 11 heteroatoms. The first-order valence-electron chi connectivity index (χ1n) is 9.57. The Kier molecular flexibility index (Phi) is 6.02. The molecule has 0 unspecified atom stereocenters. The zero-order valence-electron chi connectivity index (χ0n) is 16.1. The van der Waals surface area contributed by atoms with Crippen LogP contribution in [-0.4, -0.2) is 53.4 Å². The van der Waals surface area contributed by atoms with E-state index in [4.69, 9.17) is 0 Å². The Balaban J connectivity index is 1.38. The molecule has 1 fully saturated rings. The third-order valence-corrected chi connectivity index (χ3v) is 7.32. The van der Waals surface area contributed by atoms with Crippen molar-refractivity contribution in [3.8, 4) is 0 Å². The number of amides is 2. The Labute approximate surface area is 182 Å². The summed E-state index contributed by atoms with van der Waals surface area (Å²) >= 11 is 3.35. The molecule has 1 aliphatic rings. The van der Waals surface area contributed by atoms with E-state index in [9.17, 15) is 13.2 Å². The summed E-state index contributed by atoms with van der Waals surface area (Å²) in [6.07, 6.45) is 1.78. The molecule has 0 spiro atoms. The van der Waals surface area contributed by atoms with E-state index in [1.807, 2.05) is 12.1 Å². The maximum absolute atomic E-state index is 12.7. The Bertz CT molecular complexity index is 1160. The topological polar surface area (TPSA) is 109 Å². The van der Waals surface area contributed by atoms with Gasteiger partial charge in [0.25, 0.3) is 0 Å². The number of aromatic nitrogens is 3. The van der Waals surface area contributed by atoms with Gasteiger partial charge >= 0.3 is 6.03 Å². The highest BCUT2D eigenvalue weighted by atomic mass is 79.9. The van der Waals surface area contributed by atoms with Gasteiger partial charge in [-0.25, -0.2) is 17.9 Å². The first kappa shape index (κ1) is 20.8. The number of carbonyl (C=O) groups is 1. The second kappa shape index (κ2) is 8.70. The van der Waals surface area contributed by atoms with Crippen molar-refractivity contribution in [3.63, 3.8) is 0 Å². The number of hydrogen-bond donors (Lipinski definition) is 2. The summed E-state index contributed by atoms with van der Waals surface area (Å²) in [4.78, 5) is 12.3. The average Bonchev–Trinajstić information content (AvgIpc) is 3.40. The molecule has 1 saturated heterocycles. The molecule has 0 saturated carbocycles. The molecule has 2 N–H and O–H groups in total. The van der Waals surface area contributed by atoms with Crippen molar-refractivity contribution in [2.75, 3.05) is 25.0 Å². The number of nitrogens with one attached hydrogen (secondary N) is 2. The summed E-state index contributed by atoms with van der Waals surface area (Å²) in [6, 6.07) is 11.8. The summed E-state index contributed by atoms with van der Waals surface area (Å²) in [7, 11) is -3.49.